The number of hydrogen-bond acceptors (Lipinski definition) is 2. The molecule has 0 aromatic heterocycles. The van der Waals surface area contributed by atoms with Crippen molar-refractivity contribution in [2.75, 3.05) is 0 Å². The van der Waals surface area contributed by atoms with Gasteiger partial charge in [-0.2, -0.15) is 0 Å². The predicted molar refractivity (Wildman–Crippen MR) is 128 cm³/mol. The van der Waals surface area contributed by atoms with Gasteiger partial charge in [0, 0.05) is 29.1 Å². The SMILES string of the molecule is CC(NC(=O)C(C)(C)Oc1cc(F)c(Cl)c(F)c1)[C@@H](Cc1ccc(Cl)cc1)c1ccccc1. The third-order valence-electron chi connectivity index (χ3n) is 5.44. The lowest BCUT2D eigenvalue weighted by molar-refractivity contribution is -0.135. The van der Waals surface area contributed by atoms with Crippen molar-refractivity contribution in [3.63, 3.8) is 0 Å². The molecule has 1 amide bonds. The number of carbonyl (C=O) groups excluding carboxylic acids is 1. The van der Waals surface area contributed by atoms with Crippen LogP contribution in [-0.2, 0) is 11.2 Å². The fourth-order valence-electron chi connectivity index (χ4n) is 3.57. The van der Waals surface area contributed by atoms with Gasteiger partial charge in [0.05, 0.1) is 0 Å². The van der Waals surface area contributed by atoms with E-state index in [0.717, 1.165) is 23.3 Å². The highest BCUT2D eigenvalue weighted by molar-refractivity contribution is 6.31. The molecule has 174 valence electrons. The van der Waals surface area contributed by atoms with Gasteiger partial charge in [0.25, 0.3) is 5.91 Å². The Morgan fingerprint density at radius 2 is 1.58 bits per heavy atom. The summed E-state index contributed by atoms with van der Waals surface area (Å²) in [6.45, 7) is 5.00. The van der Waals surface area contributed by atoms with Crippen molar-refractivity contribution in [2.24, 2.45) is 0 Å². The Balaban J connectivity index is 1.78. The molecule has 1 N–H and O–H groups in total. The van der Waals surface area contributed by atoms with Gasteiger partial charge in [-0.05, 0) is 50.5 Å². The van der Waals surface area contributed by atoms with Crippen LogP contribution in [0.4, 0.5) is 8.78 Å². The van der Waals surface area contributed by atoms with Crippen LogP contribution in [0.15, 0.2) is 66.7 Å². The fraction of sp³-hybridized carbons (Fsp3) is 0.269. The molecule has 1 unspecified atom stereocenters. The van der Waals surface area contributed by atoms with Crippen LogP contribution in [0.25, 0.3) is 0 Å². The van der Waals surface area contributed by atoms with Crippen LogP contribution in [0, 0.1) is 11.6 Å². The number of amides is 1. The van der Waals surface area contributed by atoms with Gasteiger partial charge in [0.15, 0.2) is 5.60 Å². The molecule has 33 heavy (non-hydrogen) atoms. The van der Waals surface area contributed by atoms with Crippen LogP contribution in [-0.4, -0.2) is 17.6 Å². The zero-order valence-corrected chi connectivity index (χ0v) is 20.1. The van der Waals surface area contributed by atoms with Crippen molar-refractivity contribution in [1.29, 1.82) is 0 Å². The summed E-state index contributed by atoms with van der Waals surface area (Å²) < 4.78 is 33.2. The monoisotopic (exact) mass is 491 g/mol. The van der Waals surface area contributed by atoms with Crippen molar-refractivity contribution < 1.29 is 18.3 Å². The Hall–Kier alpha value is -2.63. The van der Waals surface area contributed by atoms with Crippen LogP contribution >= 0.6 is 23.2 Å². The molecule has 0 saturated heterocycles. The summed E-state index contributed by atoms with van der Waals surface area (Å²) in [7, 11) is 0. The molecule has 0 bridgehead atoms. The van der Waals surface area contributed by atoms with E-state index >= 15 is 0 Å². The van der Waals surface area contributed by atoms with E-state index in [-0.39, 0.29) is 17.7 Å². The Morgan fingerprint density at radius 3 is 2.15 bits per heavy atom. The summed E-state index contributed by atoms with van der Waals surface area (Å²) in [4.78, 5) is 13.1. The molecule has 0 heterocycles. The van der Waals surface area contributed by atoms with Gasteiger partial charge in [-0.3, -0.25) is 4.79 Å². The lowest BCUT2D eigenvalue weighted by Crippen LogP contribution is -2.51. The Bertz CT molecular complexity index is 1080. The normalized spacial score (nSPS) is 13.3. The Morgan fingerprint density at radius 1 is 1.00 bits per heavy atom. The van der Waals surface area contributed by atoms with Crippen LogP contribution in [0.2, 0.25) is 10.0 Å². The van der Waals surface area contributed by atoms with Gasteiger partial charge < -0.3 is 10.1 Å². The molecule has 0 aliphatic rings. The molecule has 3 aromatic rings. The van der Waals surface area contributed by atoms with E-state index in [9.17, 15) is 13.6 Å². The number of carbonyl (C=O) groups is 1. The predicted octanol–water partition coefficient (Wildman–Crippen LogP) is 6.96. The van der Waals surface area contributed by atoms with Crippen molar-refractivity contribution in [3.8, 4) is 5.75 Å². The highest BCUT2D eigenvalue weighted by Crippen LogP contribution is 2.29. The number of benzene rings is 3. The summed E-state index contributed by atoms with van der Waals surface area (Å²) in [5.41, 5.74) is 0.764. The third kappa shape index (κ3) is 6.46. The molecule has 0 aliphatic heterocycles. The van der Waals surface area contributed by atoms with Gasteiger partial charge >= 0.3 is 0 Å². The number of nitrogens with one attached hydrogen (secondary N) is 1. The van der Waals surface area contributed by atoms with Crippen molar-refractivity contribution in [1.82, 2.24) is 5.32 Å². The highest BCUT2D eigenvalue weighted by Gasteiger charge is 2.33. The van der Waals surface area contributed by atoms with Gasteiger partial charge in [-0.15, -0.1) is 0 Å². The molecule has 7 heteroatoms. The molecule has 3 aromatic carbocycles. The van der Waals surface area contributed by atoms with Crippen LogP contribution in [0.1, 0.15) is 37.8 Å². The third-order valence-corrected chi connectivity index (χ3v) is 6.05. The van der Waals surface area contributed by atoms with Crippen LogP contribution < -0.4 is 10.1 Å². The van der Waals surface area contributed by atoms with E-state index in [1.807, 2.05) is 61.5 Å². The number of rotatable bonds is 8. The minimum absolute atomic E-state index is 0.0300. The summed E-state index contributed by atoms with van der Waals surface area (Å²) >= 11 is 11.5. The fourth-order valence-corrected chi connectivity index (χ4v) is 3.81. The molecule has 0 aliphatic carbocycles. The molecule has 3 nitrogen and oxygen atoms in total. The standard InChI is InChI=1S/C26H25Cl2F2NO2/c1-16(21(18-7-5-4-6-8-18)13-17-9-11-19(27)12-10-17)31-25(32)26(2,3)33-20-14-22(29)24(28)23(30)15-20/h4-12,14-16,21H,13H2,1-3H3,(H,31,32)/t16?,21-/m1/s1. The second kappa shape index (κ2) is 10.5. The molecule has 0 fully saturated rings. The van der Waals surface area contributed by atoms with Crippen molar-refractivity contribution >= 4 is 29.1 Å². The number of ether oxygens (including phenoxy) is 1. The first-order valence-electron chi connectivity index (χ1n) is 10.5. The topological polar surface area (TPSA) is 38.3 Å². The first kappa shape index (κ1) is 25.0. The summed E-state index contributed by atoms with van der Waals surface area (Å²) in [6, 6.07) is 19.1. The maximum atomic E-state index is 13.8. The quantitative estimate of drug-likeness (QED) is 0.345. The summed E-state index contributed by atoms with van der Waals surface area (Å²) in [5.74, 6) is -2.48. The first-order valence-corrected chi connectivity index (χ1v) is 11.3. The first-order chi connectivity index (χ1) is 15.6. The summed E-state index contributed by atoms with van der Waals surface area (Å²) in [5, 5.41) is 3.05. The van der Waals surface area contributed by atoms with Gasteiger partial charge in [0.1, 0.15) is 22.4 Å². The van der Waals surface area contributed by atoms with E-state index in [1.165, 1.54) is 13.8 Å². The molecule has 0 saturated carbocycles. The molecule has 3 rings (SSSR count). The van der Waals surface area contributed by atoms with Crippen molar-refractivity contribution in [2.45, 2.75) is 44.8 Å². The zero-order chi connectivity index (χ0) is 24.2. The molecule has 0 radical (unpaired) electrons. The van der Waals surface area contributed by atoms with E-state index in [4.69, 9.17) is 27.9 Å². The zero-order valence-electron chi connectivity index (χ0n) is 18.5. The van der Waals surface area contributed by atoms with E-state index in [0.29, 0.717) is 11.4 Å². The average Bonchev–Trinajstić information content (AvgIpc) is 2.77. The Kier molecular flexibility index (Phi) is 7.98. The Labute approximate surface area is 202 Å². The molecule has 2 atom stereocenters. The van der Waals surface area contributed by atoms with Crippen molar-refractivity contribution in [3.05, 3.63) is 99.5 Å². The molecule has 0 spiro atoms. The minimum atomic E-state index is -1.39. The van der Waals surface area contributed by atoms with E-state index in [1.54, 1.807) is 0 Å². The lowest BCUT2D eigenvalue weighted by Gasteiger charge is -2.31. The van der Waals surface area contributed by atoms with Crippen LogP contribution in [0.5, 0.6) is 5.75 Å². The van der Waals surface area contributed by atoms with Gasteiger partial charge in [-0.25, -0.2) is 8.78 Å². The second-order valence-electron chi connectivity index (χ2n) is 8.42. The second-order valence-corrected chi connectivity index (χ2v) is 9.24. The molecular weight excluding hydrogens is 467 g/mol. The smallest absolute Gasteiger partial charge is 0.263 e. The van der Waals surface area contributed by atoms with Gasteiger partial charge in [-0.1, -0.05) is 65.7 Å². The maximum absolute atomic E-state index is 13.8. The van der Waals surface area contributed by atoms with Crippen LogP contribution in [0.3, 0.4) is 0 Å². The summed E-state index contributed by atoms with van der Waals surface area (Å²) in [6.07, 6.45) is 0.678. The average molecular weight is 492 g/mol. The van der Waals surface area contributed by atoms with E-state index in [2.05, 4.69) is 5.32 Å². The lowest BCUT2D eigenvalue weighted by atomic mass is 9.86. The van der Waals surface area contributed by atoms with E-state index < -0.39 is 28.2 Å². The van der Waals surface area contributed by atoms with Gasteiger partial charge in [0.2, 0.25) is 0 Å². The minimum Gasteiger partial charge on any atom is -0.478 e. The molecular formula is C26H25Cl2F2NO2. The number of halogens is 4. The maximum Gasteiger partial charge on any atom is 0.263 e. The number of hydrogen-bond donors (Lipinski definition) is 1. The largest absolute Gasteiger partial charge is 0.478 e. The highest BCUT2D eigenvalue weighted by atomic mass is 35.5.